The highest BCUT2D eigenvalue weighted by molar-refractivity contribution is 5.93. The standard InChI is InChI=1S/C15H24N2O2/c1-17(14-6-3-2-4-7-14)10-5-9-16-15(18)13-8-11-19-12-13/h8,11-12,14H,2-7,9-10H2,1H3,(H,16,18). The summed E-state index contributed by atoms with van der Waals surface area (Å²) in [4.78, 5) is 14.1. The van der Waals surface area contributed by atoms with E-state index in [2.05, 4.69) is 17.3 Å². The molecule has 0 aromatic carbocycles. The van der Waals surface area contributed by atoms with Gasteiger partial charge < -0.3 is 14.6 Å². The number of carbonyl (C=O) groups excluding carboxylic acids is 1. The van der Waals surface area contributed by atoms with E-state index in [0.717, 1.165) is 25.6 Å². The van der Waals surface area contributed by atoms with Gasteiger partial charge in [-0.1, -0.05) is 19.3 Å². The molecule has 0 saturated heterocycles. The number of amides is 1. The van der Waals surface area contributed by atoms with Gasteiger partial charge in [-0.15, -0.1) is 0 Å². The molecule has 1 aliphatic rings. The molecule has 106 valence electrons. The van der Waals surface area contributed by atoms with Crippen molar-refractivity contribution in [1.82, 2.24) is 10.2 Å². The number of nitrogens with one attached hydrogen (secondary N) is 1. The molecule has 0 bridgehead atoms. The first kappa shape index (κ1) is 14.1. The molecule has 0 aliphatic heterocycles. The summed E-state index contributed by atoms with van der Waals surface area (Å²) in [5.41, 5.74) is 0.598. The Balaban J connectivity index is 1.59. The number of hydrogen-bond donors (Lipinski definition) is 1. The van der Waals surface area contributed by atoms with Gasteiger partial charge in [0.25, 0.3) is 5.91 Å². The average molecular weight is 264 g/mol. The van der Waals surface area contributed by atoms with Gasteiger partial charge in [0.1, 0.15) is 6.26 Å². The second-order valence-electron chi connectivity index (χ2n) is 5.39. The maximum Gasteiger partial charge on any atom is 0.254 e. The molecule has 1 aliphatic carbocycles. The number of carbonyl (C=O) groups is 1. The lowest BCUT2D eigenvalue weighted by Gasteiger charge is -2.31. The van der Waals surface area contributed by atoms with Crippen LogP contribution in [-0.4, -0.2) is 37.0 Å². The third-order valence-electron chi connectivity index (χ3n) is 3.95. The molecule has 1 saturated carbocycles. The van der Waals surface area contributed by atoms with E-state index in [9.17, 15) is 4.79 Å². The van der Waals surface area contributed by atoms with Gasteiger partial charge in [-0.2, -0.15) is 0 Å². The van der Waals surface area contributed by atoms with Crippen molar-refractivity contribution in [3.63, 3.8) is 0 Å². The van der Waals surface area contributed by atoms with Crippen molar-refractivity contribution >= 4 is 5.91 Å². The summed E-state index contributed by atoms with van der Waals surface area (Å²) in [6, 6.07) is 2.43. The molecule has 1 aromatic heterocycles. The van der Waals surface area contributed by atoms with Crippen LogP contribution in [0.4, 0.5) is 0 Å². The second-order valence-corrected chi connectivity index (χ2v) is 5.39. The van der Waals surface area contributed by atoms with Gasteiger partial charge in [0.15, 0.2) is 0 Å². The molecule has 19 heavy (non-hydrogen) atoms. The Morgan fingerprint density at radius 3 is 2.89 bits per heavy atom. The first-order valence-corrected chi connectivity index (χ1v) is 7.28. The molecule has 1 aromatic rings. The van der Waals surface area contributed by atoms with Crippen molar-refractivity contribution in [3.8, 4) is 0 Å². The topological polar surface area (TPSA) is 45.5 Å². The highest BCUT2D eigenvalue weighted by atomic mass is 16.3. The van der Waals surface area contributed by atoms with E-state index in [1.165, 1.54) is 44.6 Å². The van der Waals surface area contributed by atoms with E-state index >= 15 is 0 Å². The summed E-state index contributed by atoms with van der Waals surface area (Å²) in [7, 11) is 2.20. The van der Waals surface area contributed by atoms with Crippen LogP contribution >= 0.6 is 0 Å². The van der Waals surface area contributed by atoms with Crippen LogP contribution in [-0.2, 0) is 0 Å². The zero-order chi connectivity index (χ0) is 13.5. The minimum atomic E-state index is -0.0472. The summed E-state index contributed by atoms with van der Waals surface area (Å²) < 4.78 is 4.89. The summed E-state index contributed by atoms with van der Waals surface area (Å²) in [6.45, 7) is 1.78. The van der Waals surface area contributed by atoms with Gasteiger partial charge in [-0.25, -0.2) is 0 Å². The van der Waals surface area contributed by atoms with E-state index in [4.69, 9.17) is 4.42 Å². The molecule has 0 radical (unpaired) electrons. The van der Waals surface area contributed by atoms with E-state index in [-0.39, 0.29) is 5.91 Å². The van der Waals surface area contributed by atoms with Gasteiger partial charge in [-0.05, 0) is 38.9 Å². The third kappa shape index (κ3) is 4.39. The van der Waals surface area contributed by atoms with Crippen molar-refractivity contribution in [2.24, 2.45) is 0 Å². The molecule has 1 fully saturated rings. The van der Waals surface area contributed by atoms with Crippen molar-refractivity contribution < 1.29 is 9.21 Å². The summed E-state index contributed by atoms with van der Waals surface area (Å²) in [5, 5.41) is 2.92. The first-order chi connectivity index (χ1) is 9.27. The maximum atomic E-state index is 11.7. The van der Waals surface area contributed by atoms with Crippen LogP contribution in [0, 0.1) is 0 Å². The lowest BCUT2D eigenvalue weighted by atomic mass is 9.94. The Hall–Kier alpha value is -1.29. The smallest absolute Gasteiger partial charge is 0.254 e. The molecule has 1 amide bonds. The lowest BCUT2D eigenvalue weighted by Crippen LogP contribution is -2.35. The predicted molar refractivity (Wildman–Crippen MR) is 75.2 cm³/mol. The normalized spacial score (nSPS) is 16.7. The number of nitrogens with zero attached hydrogens (tertiary/aromatic N) is 1. The van der Waals surface area contributed by atoms with Gasteiger partial charge in [0.2, 0.25) is 0 Å². The van der Waals surface area contributed by atoms with Crippen molar-refractivity contribution in [2.45, 2.75) is 44.6 Å². The highest BCUT2D eigenvalue weighted by Crippen LogP contribution is 2.21. The van der Waals surface area contributed by atoms with Crippen LogP contribution in [0.2, 0.25) is 0 Å². The van der Waals surface area contributed by atoms with Gasteiger partial charge in [0, 0.05) is 12.6 Å². The summed E-state index contributed by atoms with van der Waals surface area (Å²) >= 11 is 0. The predicted octanol–water partition coefficient (Wildman–Crippen LogP) is 2.66. The minimum Gasteiger partial charge on any atom is -0.472 e. The number of furan rings is 1. The Kier molecular flexibility index (Phi) is 5.45. The van der Waals surface area contributed by atoms with Crippen LogP contribution in [0.1, 0.15) is 48.9 Å². The molecule has 0 atom stereocenters. The largest absolute Gasteiger partial charge is 0.472 e. The Bertz CT molecular complexity index is 370. The zero-order valence-corrected chi connectivity index (χ0v) is 11.7. The second kappa shape index (κ2) is 7.34. The average Bonchev–Trinajstić information content (AvgIpc) is 2.98. The fourth-order valence-corrected chi connectivity index (χ4v) is 2.73. The van der Waals surface area contributed by atoms with Gasteiger partial charge >= 0.3 is 0 Å². The monoisotopic (exact) mass is 264 g/mol. The van der Waals surface area contributed by atoms with E-state index < -0.39 is 0 Å². The fraction of sp³-hybridized carbons (Fsp3) is 0.667. The van der Waals surface area contributed by atoms with E-state index in [1.807, 2.05) is 0 Å². The zero-order valence-electron chi connectivity index (χ0n) is 11.7. The molecule has 0 spiro atoms. The molecule has 1 heterocycles. The highest BCUT2D eigenvalue weighted by Gasteiger charge is 2.17. The molecule has 4 nitrogen and oxygen atoms in total. The first-order valence-electron chi connectivity index (χ1n) is 7.28. The minimum absolute atomic E-state index is 0.0472. The fourth-order valence-electron chi connectivity index (χ4n) is 2.73. The van der Waals surface area contributed by atoms with Crippen molar-refractivity contribution in [2.75, 3.05) is 20.1 Å². The van der Waals surface area contributed by atoms with Crippen molar-refractivity contribution in [1.29, 1.82) is 0 Å². The Labute approximate surface area is 115 Å². The molecule has 4 heteroatoms. The summed E-state index contributed by atoms with van der Waals surface area (Å²) in [6.07, 6.45) is 10.8. The van der Waals surface area contributed by atoms with Crippen LogP contribution in [0.15, 0.2) is 23.0 Å². The molecular weight excluding hydrogens is 240 g/mol. The Morgan fingerprint density at radius 1 is 1.42 bits per heavy atom. The van der Waals surface area contributed by atoms with Crippen LogP contribution in [0.25, 0.3) is 0 Å². The summed E-state index contributed by atoms with van der Waals surface area (Å²) in [5.74, 6) is -0.0472. The maximum absolute atomic E-state index is 11.7. The van der Waals surface area contributed by atoms with Crippen molar-refractivity contribution in [3.05, 3.63) is 24.2 Å². The van der Waals surface area contributed by atoms with E-state index in [1.54, 1.807) is 6.07 Å². The van der Waals surface area contributed by atoms with Crippen LogP contribution < -0.4 is 5.32 Å². The molecule has 2 rings (SSSR count). The number of rotatable bonds is 6. The molecule has 0 unspecified atom stereocenters. The SMILES string of the molecule is CN(CCCNC(=O)c1ccoc1)C1CCCCC1. The quantitative estimate of drug-likeness (QED) is 0.803. The molecular formula is C15H24N2O2. The molecule has 1 N–H and O–H groups in total. The van der Waals surface area contributed by atoms with Crippen LogP contribution in [0.3, 0.4) is 0 Å². The third-order valence-corrected chi connectivity index (χ3v) is 3.95. The number of hydrogen-bond acceptors (Lipinski definition) is 3. The van der Waals surface area contributed by atoms with E-state index in [0.29, 0.717) is 5.56 Å². The lowest BCUT2D eigenvalue weighted by molar-refractivity contribution is 0.0950. The van der Waals surface area contributed by atoms with Crippen LogP contribution in [0.5, 0.6) is 0 Å². The van der Waals surface area contributed by atoms with Gasteiger partial charge in [-0.3, -0.25) is 4.79 Å². The van der Waals surface area contributed by atoms with Gasteiger partial charge in [0.05, 0.1) is 11.8 Å². The Morgan fingerprint density at radius 2 is 2.21 bits per heavy atom.